The van der Waals surface area contributed by atoms with Gasteiger partial charge in [-0.3, -0.25) is 4.79 Å². The molecule has 0 aromatic carbocycles. The van der Waals surface area contributed by atoms with Crippen LogP contribution in [-0.4, -0.2) is 57.9 Å². The van der Waals surface area contributed by atoms with Gasteiger partial charge in [-0.05, 0) is 46.0 Å². The zero-order valence-electron chi connectivity index (χ0n) is 17.0. The van der Waals surface area contributed by atoms with Gasteiger partial charge in [-0.2, -0.15) is 0 Å². The molecule has 0 saturated carbocycles. The van der Waals surface area contributed by atoms with Crippen LogP contribution in [0.15, 0.2) is 0 Å². The monoisotopic (exact) mass is 356 g/mol. The summed E-state index contributed by atoms with van der Waals surface area (Å²) in [5.41, 5.74) is 0.392. The fraction of sp³-hybridized carbons (Fsp3) is 0.944. The number of unbranched alkanes of at least 4 members (excludes halogenated alkanes) is 2. The number of carbonyl (C=O) groups is 1. The molecule has 6 heteroatoms. The second-order valence-electron chi connectivity index (χ2n) is 5.78. The van der Waals surface area contributed by atoms with E-state index in [1.54, 1.807) is 27.7 Å². The van der Waals surface area contributed by atoms with Crippen molar-refractivity contribution in [3.8, 4) is 0 Å². The molecule has 0 aliphatic heterocycles. The normalized spacial score (nSPS) is 8.79. The maximum atomic E-state index is 10.2. The third-order valence-electron chi connectivity index (χ3n) is 1.82. The van der Waals surface area contributed by atoms with E-state index in [0.717, 1.165) is 19.3 Å². The molecule has 0 fully saturated rings. The number of hydrogen-bond donors (Lipinski definition) is 5. The number of hydrogen-bond acceptors (Lipinski definition) is 5. The first-order chi connectivity index (χ1) is 11.1. The van der Waals surface area contributed by atoms with Gasteiger partial charge < -0.3 is 25.5 Å². The van der Waals surface area contributed by atoms with E-state index in [1.807, 2.05) is 0 Å². The van der Waals surface area contributed by atoms with Crippen LogP contribution in [0.4, 0.5) is 0 Å². The molecule has 152 valence electrons. The molecule has 0 unspecified atom stereocenters. The van der Waals surface area contributed by atoms with Crippen molar-refractivity contribution in [1.82, 2.24) is 0 Å². The Balaban J connectivity index is -0.0000000822. The van der Waals surface area contributed by atoms with Crippen LogP contribution in [-0.2, 0) is 4.79 Å². The summed E-state index contributed by atoms with van der Waals surface area (Å²) in [5.74, 6) is -0.675. The van der Waals surface area contributed by atoms with Crippen LogP contribution >= 0.6 is 0 Å². The first-order valence-corrected chi connectivity index (χ1v) is 8.73. The van der Waals surface area contributed by atoms with Gasteiger partial charge in [0.2, 0.25) is 0 Å². The van der Waals surface area contributed by atoms with Crippen LogP contribution < -0.4 is 0 Å². The Kier molecular flexibility index (Phi) is 48.8. The lowest BCUT2D eigenvalue weighted by molar-refractivity contribution is -0.137. The van der Waals surface area contributed by atoms with E-state index in [9.17, 15) is 4.79 Å². The van der Waals surface area contributed by atoms with E-state index < -0.39 is 5.97 Å². The predicted molar refractivity (Wildman–Crippen MR) is 101 cm³/mol. The quantitative estimate of drug-likeness (QED) is 0.483. The average molecular weight is 357 g/mol. The van der Waals surface area contributed by atoms with E-state index in [2.05, 4.69) is 20.8 Å². The number of carboxylic acids is 1. The van der Waals surface area contributed by atoms with E-state index in [0.29, 0.717) is 11.8 Å². The maximum absolute atomic E-state index is 10.2. The number of rotatable bonds is 5. The summed E-state index contributed by atoms with van der Waals surface area (Å²) in [5, 5.41) is 38.7. The van der Waals surface area contributed by atoms with E-state index in [-0.39, 0.29) is 26.4 Å². The van der Waals surface area contributed by atoms with Gasteiger partial charge in [-0.15, -0.1) is 0 Å². The van der Waals surface area contributed by atoms with Gasteiger partial charge in [0.25, 0.3) is 0 Å². The number of carboxylic acid groups (broad SMARTS) is 1. The van der Waals surface area contributed by atoms with Crippen LogP contribution in [0, 0.1) is 5.41 Å². The van der Waals surface area contributed by atoms with Gasteiger partial charge in [-0.1, -0.05) is 33.6 Å². The van der Waals surface area contributed by atoms with Gasteiger partial charge in [0, 0.05) is 32.8 Å². The van der Waals surface area contributed by atoms with Crippen LogP contribution in [0.25, 0.3) is 0 Å². The highest BCUT2D eigenvalue weighted by Gasteiger charge is 2.08. The smallest absolute Gasteiger partial charge is 0.303 e. The van der Waals surface area contributed by atoms with Crippen molar-refractivity contribution >= 4 is 5.97 Å². The standard InChI is InChI=1S/C10H20O2.4C2H6O/c1-10(2,3)8-6-4-5-7-9(11)12;4*1-2-3/h4-8H2,1-3H3,(H,11,12);4*3H,2H2,1H3. The minimum atomic E-state index is -0.675. The van der Waals surface area contributed by atoms with Gasteiger partial charge >= 0.3 is 5.97 Å². The molecule has 0 rings (SSSR count). The molecule has 5 N–H and O–H groups in total. The molecule has 0 bridgehead atoms. The molecule has 0 spiro atoms. The highest BCUT2D eigenvalue weighted by molar-refractivity contribution is 5.66. The van der Waals surface area contributed by atoms with Gasteiger partial charge in [0.05, 0.1) is 0 Å². The van der Waals surface area contributed by atoms with Crippen molar-refractivity contribution in [2.24, 2.45) is 5.41 Å². The zero-order valence-corrected chi connectivity index (χ0v) is 17.0. The summed E-state index contributed by atoms with van der Waals surface area (Å²) >= 11 is 0. The Morgan fingerprint density at radius 1 is 0.708 bits per heavy atom. The minimum absolute atomic E-state index is 0.250. The second-order valence-corrected chi connectivity index (χ2v) is 5.78. The van der Waals surface area contributed by atoms with Crippen molar-refractivity contribution in [3.63, 3.8) is 0 Å². The van der Waals surface area contributed by atoms with Gasteiger partial charge in [0.1, 0.15) is 0 Å². The molecule has 0 aliphatic carbocycles. The van der Waals surface area contributed by atoms with E-state index in [1.165, 1.54) is 6.42 Å². The Hall–Kier alpha value is -0.690. The second kappa shape index (κ2) is 33.8. The van der Waals surface area contributed by atoms with Crippen LogP contribution in [0.3, 0.4) is 0 Å². The summed E-state index contributed by atoms with van der Waals surface area (Å²) in [6.07, 6.45) is 4.53. The Morgan fingerprint density at radius 3 is 1.21 bits per heavy atom. The van der Waals surface area contributed by atoms with Crippen molar-refractivity contribution in [2.45, 2.75) is 80.6 Å². The Labute approximate surface area is 149 Å². The maximum Gasteiger partial charge on any atom is 0.303 e. The van der Waals surface area contributed by atoms with Crippen LogP contribution in [0.5, 0.6) is 0 Å². The van der Waals surface area contributed by atoms with Crippen molar-refractivity contribution in [3.05, 3.63) is 0 Å². The molecular formula is C18H44O6. The molecule has 0 amide bonds. The SMILES string of the molecule is CC(C)(C)CCCCCC(=O)O.CCO.CCO.CCO.CCO. The molecule has 0 aliphatic rings. The first-order valence-electron chi connectivity index (χ1n) is 8.73. The fourth-order valence-electron chi connectivity index (χ4n) is 1.11. The highest BCUT2D eigenvalue weighted by Crippen LogP contribution is 2.22. The van der Waals surface area contributed by atoms with Crippen molar-refractivity contribution in [2.75, 3.05) is 26.4 Å². The summed E-state index contributed by atoms with van der Waals surface area (Å²) in [7, 11) is 0. The minimum Gasteiger partial charge on any atom is -0.481 e. The van der Waals surface area contributed by atoms with Crippen molar-refractivity contribution < 1.29 is 30.3 Å². The third-order valence-corrected chi connectivity index (χ3v) is 1.82. The summed E-state index contributed by atoms with van der Waals surface area (Å²) < 4.78 is 0. The molecular weight excluding hydrogens is 312 g/mol. The lowest BCUT2D eigenvalue weighted by Gasteiger charge is -2.17. The van der Waals surface area contributed by atoms with Crippen molar-refractivity contribution in [1.29, 1.82) is 0 Å². The predicted octanol–water partition coefficient (Wildman–Crippen LogP) is 3.06. The van der Waals surface area contributed by atoms with E-state index >= 15 is 0 Å². The van der Waals surface area contributed by atoms with E-state index in [4.69, 9.17) is 25.5 Å². The number of aliphatic hydroxyl groups excluding tert-OH is 4. The molecule has 0 aromatic heterocycles. The molecule has 0 atom stereocenters. The molecule has 6 nitrogen and oxygen atoms in total. The Bertz CT molecular complexity index is 182. The summed E-state index contributed by atoms with van der Waals surface area (Å²) in [6.45, 7) is 14.4. The molecule has 0 heterocycles. The van der Waals surface area contributed by atoms with Crippen LogP contribution in [0.2, 0.25) is 0 Å². The van der Waals surface area contributed by atoms with Crippen LogP contribution in [0.1, 0.15) is 80.6 Å². The zero-order chi connectivity index (χ0) is 20.4. The fourth-order valence-corrected chi connectivity index (χ4v) is 1.11. The largest absolute Gasteiger partial charge is 0.481 e. The average Bonchev–Trinajstić information content (AvgIpc) is 2.40. The lowest BCUT2D eigenvalue weighted by Crippen LogP contribution is -2.04. The molecule has 0 saturated heterocycles. The third kappa shape index (κ3) is 127. The first kappa shape index (κ1) is 34.6. The Morgan fingerprint density at radius 2 is 1.00 bits per heavy atom. The van der Waals surface area contributed by atoms with Gasteiger partial charge in [0.15, 0.2) is 0 Å². The highest BCUT2D eigenvalue weighted by atomic mass is 16.4. The lowest BCUT2D eigenvalue weighted by atomic mass is 9.89. The van der Waals surface area contributed by atoms with Gasteiger partial charge in [-0.25, -0.2) is 0 Å². The number of aliphatic carboxylic acids is 1. The molecule has 24 heavy (non-hydrogen) atoms. The summed E-state index contributed by atoms with van der Waals surface area (Å²) in [6, 6.07) is 0. The molecule has 0 radical (unpaired) electrons. The molecule has 0 aromatic rings. The topological polar surface area (TPSA) is 118 Å². The number of aliphatic hydroxyl groups is 4. The summed E-state index contributed by atoms with van der Waals surface area (Å²) in [4.78, 5) is 10.2.